The summed E-state index contributed by atoms with van der Waals surface area (Å²) >= 11 is 0. The van der Waals surface area contributed by atoms with Crippen LogP contribution in [0, 0.1) is 20.8 Å². The van der Waals surface area contributed by atoms with E-state index in [1.807, 2.05) is 32.9 Å². The van der Waals surface area contributed by atoms with E-state index in [1.54, 1.807) is 0 Å². The van der Waals surface area contributed by atoms with Gasteiger partial charge in [-0.2, -0.15) is 4.31 Å². The van der Waals surface area contributed by atoms with Gasteiger partial charge >= 0.3 is 0 Å². The Morgan fingerprint density at radius 3 is 1.95 bits per heavy atom. The van der Waals surface area contributed by atoms with Gasteiger partial charge < -0.3 is 9.47 Å². The molecule has 5 nitrogen and oxygen atoms in total. The predicted molar refractivity (Wildman–Crippen MR) is 78.3 cm³/mol. The fourth-order valence-electron chi connectivity index (χ4n) is 2.28. The van der Waals surface area contributed by atoms with Crippen molar-refractivity contribution >= 4 is 10.0 Å². The fourth-order valence-corrected chi connectivity index (χ4v) is 3.84. The van der Waals surface area contributed by atoms with Crippen LogP contribution < -0.4 is 0 Å². The van der Waals surface area contributed by atoms with E-state index in [2.05, 4.69) is 0 Å². The minimum atomic E-state index is -3.56. The van der Waals surface area contributed by atoms with Crippen molar-refractivity contribution in [3.8, 4) is 0 Å². The van der Waals surface area contributed by atoms with Crippen LogP contribution in [0.25, 0.3) is 0 Å². The van der Waals surface area contributed by atoms with Gasteiger partial charge in [0, 0.05) is 21.3 Å². The summed E-state index contributed by atoms with van der Waals surface area (Å²) in [6, 6.07) is 3.75. The third-order valence-corrected chi connectivity index (χ3v) is 5.33. The van der Waals surface area contributed by atoms with E-state index in [0.717, 1.165) is 16.7 Å². The number of hydrogen-bond donors (Lipinski definition) is 0. The summed E-state index contributed by atoms with van der Waals surface area (Å²) < 4.78 is 36.7. The Balaban J connectivity index is 3.17. The molecule has 0 saturated heterocycles. The monoisotopic (exact) mass is 301 g/mol. The van der Waals surface area contributed by atoms with Crippen molar-refractivity contribution in [1.82, 2.24) is 4.31 Å². The predicted octanol–water partition coefficient (Wildman–Crippen LogP) is 1.85. The number of sulfonamides is 1. The molecule has 0 fully saturated rings. The van der Waals surface area contributed by atoms with Gasteiger partial charge in [0.1, 0.15) is 0 Å². The van der Waals surface area contributed by atoms with E-state index in [-0.39, 0.29) is 6.54 Å². The van der Waals surface area contributed by atoms with Crippen molar-refractivity contribution in [2.24, 2.45) is 0 Å². The molecule has 6 heteroatoms. The Morgan fingerprint density at radius 2 is 1.55 bits per heavy atom. The molecule has 0 saturated carbocycles. The third kappa shape index (κ3) is 3.58. The van der Waals surface area contributed by atoms with E-state index in [0.29, 0.717) is 4.90 Å². The zero-order valence-corrected chi connectivity index (χ0v) is 13.7. The molecule has 0 aliphatic carbocycles. The molecule has 0 N–H and O–H groups in total. The summed E-state index contributed by atoms with van der Waals surface area (Å²) in [6.45, 7) is 5.71. The van der Waals surface area contributed by atoms with Gasteiger partial charge in [-0.15, -0.1) is 0 Å². The molecule has 0 aromatic heterocycles. The zero-order chi connectivity index (χ0) is 15.5. The molecule has 0 amide bonds. The summed E-state index contributed by atoms with van der Waals surface area (Å²) in [4.78, 5) is 0.358. The van der Waals surface area contributed by atoms with Crippen molar-refractivity contribution in [2.75, 3.05) is 27.8 Å². The van der Waals surface area contributed by atoms with Crippen LogP contribution in [0.5, 0.6) is 0 Å². The smallest absolute Gasteiger partial charge is 0.243 e. The molecule has 114 valence electrons. The first-order chi connectivity index (χ1) is 9.23. The number of rotatable bonds is 6. The maximum atomic E-state index is 12.7. The topological polar surface area (TPSA) is 55.8 Å². The highest BCUT2D eigenvalue weighted by atomic mass is 32.2. The van der Waals surface area contributed by atoms with Crippen LogP contribution in [-0.2, 0) is 19.5 Å². The molecule has 0 spiro atoms. The first kappa shape index (κ1) is 17.1. The third-order valence-electron chi connectivity index (χ3n) is 3.20. The number of nitrogens with zero attached hydrogens (tertiary/aromatic N) is 1. The quantitative estimate of drug-likeness (QED) is 0.753. The number of hydrogen-bond acceptors (Lipinski definition) is 4. The summed E-state index contributed by atoms with van der Waals surface area (Å²) in [5, 5.41) is 0. The Morgan fingerprint density at radius 1 is 1.10 bits per heavy atom. The summed E-state index contributed by atoms with van der Waals surface area (Å²) in [5.74, 6) is 0. The lowest BCUT2D eigenvalue weighted by molar-refractivity contribution is -0.106. The van der Waals surface area contributed by atoms with Gasteiger partial charge in [-0.3, -0.25) is 0 Å². The average molecular weight is 301 g/mol. The van der Waals surface area contributed by atoms with E-state index in [1.165, 1.54) is 25.6 Å². The molecular weight excluding hydrogens is 278 g/mol. The van der Waals surface area contributed by atoms with Gasteiger partial charge in [0.2, 0.25) is 10.0 Å². The van der Waals surface area contributed by atoms with Crippen molar-refractivity contribution in [3.63, 3.8) is 0 Å². The SMILES string of the molecule is COC(CN(C)S(=O)(=O)c1c(C)cc(C)cc1C)OC. The maximum absolute atomic E-state index is 12.7. The van der Waals surface area contributed by atoms with E-state index in [4.69, 9.17) is 9.47 Å². The van der Waals surface area contributed by atoms with Crippen molar-refractivity contribution in [2.45, 2.75) is 32.0 Å². The van der Waals surface area contributed by atoms with Crippen LogP contribution in [0.4, 0.5) is 0 Å². The van der Waals surface area contributed by atoms with Crippen LogP contribution in [0.3, 0.4) is 0 Å². The maximum Gasteiger partial charge on any atom is 0.243 e. The fraction of sp³-hybridized carbons (Fsp3) is 0.571. The highest BCUT2D eigenvalue weighted by Gasteiger charge is 2.27. The highest BCUT2D eigenvalue weighted by molar-refractivity contribution is 7.89. The molecule has 1 rings (SSSR count). The number of benzene rings is 1. The number of methoxy groups -OCH3 is 2. The van der Waals surface area contributed by atoms with Crippen LogP contribution in [-0.4, -0.2) is 46.8 Å². The second-order valence-corrected chi connectivity index (χ2v) is 6.90. The lowest BCUT2D eigenvalue weighted by Gasteiger charge is -2.23. The molecule has 0 unspecified atom stereocenters. The second-order valence-electron chi connectivity index (χ2n) is 4.91. The van der Waals surface area contributed by atoms with Crippen LogP contribution >= 0.6 is 0 Å². The van der Waals surface area contributed by atoms with Crippen LogP contribution in [0.2, 0.25) is 0 Å². The Hall–Kier alpha value is -0.950. The number of likely N-dealkylation sites (N-methyl/N-ethyl adjacent to an activating group) is 1. The summed E-state index contributed by atoms with van der Waals surface area (Å²) in [5.41, 5.74) is 2.55. The van der Waals surface area contributed by atoms with Crippen LogP contribution in [0.15, 0.2) is 17.0 Å². The lowest BCUT2D eigenvalue weighted by Crippen LogP contribution is -2.36. The van der Waals surface area contributed by atoms with Gasteiger partial charge in [-0.1, -0.05) is 17.7 Å². The molecule has 20 heavy (non-hydrogen) atoms. The van der Waals surface area contributed by atoms with Crippen molar-refractivity contribution in [3.05, 3.63) is 28.8 Å². The Labute approximate surface area is 121 Å². The van der Waals surface area contributed by atoms with E-state index in [9.17, 15) is 8.42 Å². The van der Waals surface area contributed by atoms with Gasteiger partial charge in [0.05, 0.1) is 11.4 Å². The standard InChI is InChI=1S/C14H23NO4S/c1-10-7-11(2)14(12(3)8-10)20(16,17)15(4)9-13(18-5)19-6/h7-8,13H,9H2,1-6H3. The molecule has 0 atom stereocenters. The molecule has 0 heterocycles. The normalized spacial score (nSPS) is 12.4. The lowest BCUT2D eigenvalue weighted by atomic mass is 10.1. The molecule has 0 radical (unpaired) electrons. The highest BCUT2D eigenvalue weighted by Crippen LogP contribution is 2.24. The Kier molecular flexibility index (Phi) is 5.70. The number of aryl methyl sites for hydroxylation is 3. The molecule has 0 aliphatic heterocycles. The molecular formula is C14H23NO4S. The zero-order valence-electron chi connectivity index (χ0n) is 12.9. The van der Waals surface area contributed by atoms with E-state index < -0.39 is 16.3 Å². The molecule has 0 bridgehead atoms. The summed E-state index contributed by atoms with van der Waals surface area (Å²) in [7, 11) is 0.934. The van der Waals surface area contributed by atoms with Crippen LogP contribution in [0.1, 0.15) is 16.7 Å². The number of ether oxygens (including phenoxy) is 2. The first-order valence-corrected chi connectivity index (χ1v) is 7.77. The summed E-state index contributed by atoms with van der Waals surface area (Å²) in [6.07, 6.45) is -0.583. The van der Waals surface area contributed by atoms with E-state index >= 15 is 0 Å². The van der Waals surface area contributed by atoms with Gasteiger partial charge in [-0.25, -0.2) is 8.42 Å². The van der Waals surface area contributed by atoms with Gasteiger partial charge in [0.25, 0.3) is 0 Å². The minimum Gasteiger partial charge on any atom is -0.355 e. The molecule has 1 aromatic rings. The molecule has 0 aliphatic rings. The molecule has 1 aromatic carbocycles. The second kappa shape index (κ2) is 6.67. The van der Waals surface area contributed by atoms with Crippen molar-refractivity contribution in [1.29, 1.82) is 0 Å². The van der Waals surface area contributed by atoms with Gasteiger partial charge in [-0.05, 0) is 31.9 Å². The van der Waals surface area contributed by atoms with Crippen molar-refractivity contribution < 1.29 is 17.9 Å². The van der Waals surface area contributed by atoms with Gasteiger partial charge in [0.15, 0.2) is 6.29 Å². The first-order valence-electron chi connectivity index (χ1n) is 6.33. The average Bonchev–Trinajstić information content (AvgIpc) is 2.33. The Bertz CT molecular complexity index is 542. The minimum absolute atomic E-state index is 0.141. The largest absolute Gasteiger partial charge is 0.355 e.